The fourth-order valence-electron chi connectivity index (χ4n) is 1.95. The highest BCUT2D eigenvalue weighted by molar-refractivity contribution is 7.89. The number of nitrogens with two attached hydrogens (primary N) is 1. The van der Waals surface area contributed by atoms with Gasteiger partial charge in [0.25, 0.3) is 0 Å². The third-order valence-corrected chi connectivity index (χ3v) is 5.12. The van der Waals surface area contributed by atoms with E-state index in [-0.39, 0.29) is 0 Å². The fraction of sp³-hybridized carbons (Fsp3) is 0.571. The second-order valence-electron chi connectivity index (χ2n) is 4.63. The first kappa shape index (κ1) is 16.0. The molecule has 0 saturated carbocycles. The van der Waals surface area contributed by atoms with Crippen molar-refractivity contribution in [2.24, 2.45) is 0 Å². The summed E-state index contributed by atoms with van der Waals surface area (Å²) in [7, 11) is -3.38. The van der Waals surface area contributed by atoms with Gasteiger partial charge in [-0.15, -0.1) is 0 Å². The van der Waals surface area contributed by atoms with E-state index in [0.29, 0.717) is 23.7 Å². The first-order valence-corrected chi connectivity index (χ1v) is 8.32. The summed E-state index contributed by atoms with van der Waals surface area (Å²) in [5.74, 6) is 0. The molecule has 1 aromatic carbocycles. The van der Waals surface area contributed by atoms with E-state index in [4.69, 9.17) is 5.73 Å². The largest absolute Gasteiger partial charge is 0.399 e. The lowest BCUT2D eigenvalue weighted by atomic mass is 10.2. The number of anilines is 1. The second-order valence-corrected chi connectivity index (χ2v) is 6.56. The molecule has 0 aromatic heterocycles. The van der Waals surface area contributed by atoms with E-state index in [0.717, 1.165) is 25.7 Å². The highest BCUT2D eigenvalue weighted by atomic mass is 32.2. The maximum absolute atomic E-state index is 12.4. The summed E-state index contributed by atoms with van der Waals surface area (Å²) in [6, 6.07) is 6.38. The minimum Gasteiger partial charge on any atom is -0.399 e. The number of nitrogens with zero attached hydrogens (tertiary/aromatic N) is 1. The zero-order chi connectivity index (χ0) is 14.3. The molecule has 0 atom stereocenters. The molecule has 5 heteroatoms. The lowest BCUT2D eigenvalue weighted by Gasteiger charge is -2.20. The Balaban J connectivity index is 2.75. The topological polar surface area (TPSA) is 63.4 Å². The molecule has 0 bridgehead atoms. The van der Waals surface area contributed by atoms with Gasteiger partial charge in [-0.2, -0.15) is 4.31 Å². The monoisotopic (exact) mass is 284 g/mol. The van der Waals surface area contributed by atoms with Crippen LogP contribution in [0.25, 0.3) is 0 Å². The molecule has 4 nitrogen and oxygen atoms in total. The fourth-order valence-corrected chi connectivity index (χ4v) is 3.44. The Hall–Kier alpha value is -1.07. The third kappa shape index (κ3) is 4.51. The van der Waals surface area contributed by atoms with Crippen LogP contribution in [0.5, 0.6) is 0 Å². The van der Waals surface area contributed by atoms with Crippen molar-refractivity contribution in [3.05, 3.63) is 24.3 Å². The quantitative estimate of drug-likeness (QED) is 0.590. The van der Waals surface area contributed by atoms with Crippen LogP contribution in [0.15, 0.2) is 29.2 Å². The van der Waals surface area contributed by atoms with Gasteiger partial charge in [-0.05, 0) is 30.7 Å². The van der Waals surface area contributed by atoms with Gasteiger partial charge in [-0.3, -0.25) is 0 Å². The summed E-state index contributed by atoms with van der Waals surface area (Å²) in [5, 5.41) is 0. The predicted molar refractivity (Wildman–Crippen MR) is 79.4 cm³/mol. The highest BCUT2D eigenvalue weighted by Gasteiger charge is 2.22. The summed E-state index contributed by atoms with van der Waals surface area (Å²) in [6.07, 6.45) is 4.29. The molecular formula is C14H24N2O2S. The smallest absolute Gasteiger partial charge is 0.243 e. The molecule has 0 fully saturated rings. The number of hydrogen-bond donors (Lipinski definition) is 1. The molecule has 1 rings (SSSR count). The number of hydrogen-bond acceptors (Lipinski definition) is 3. The van der Waals surface area contributed by atoms with Crippen LogP contribution in [0.3, 0.4) is 0 Å². The standard InChI is InChI=1S/C14H24N2O2S/c1-3-5-6-7-12-16(4-2)19(17,18)14-10-8-13(15)9-11-14/h8-11H,3-7,12,15H2,1-2H3. The van der Waals surface area contributed by atoms with Gasteiger partial charge in [-0.25, -0.2) is 8.42 Å². The van der Waals surface area contributed by atoms with Crippen LogP contribution >= 0.6 is 0 Å². The molecule has 19 heavy (non-hydrogen) atoms. The average Bonchev–Trinajstić information content (AvgIpc) is 2.39. The Morgan fingerprint density at radius 1 is 1.05 bits per heavy atom. The molecule has 0 aliphatic rings. The molecule has 0 saturated heterocycles. The van der Waals surface area contributed by atoms with Crippen molar-refractivity contribution in [1.82, 2.24) is 4.31 Å². The average molecular weight is 284 g/mol. The molecule has 1 aromatic rings. The van der Waals surface area contributed by atoms with Gasteiger partial charge in [0.2, 0.25) is 10.0 Å². The van der Waals surface area contributed by atoms with Crippen molar-refractivity contribution in [3.63, 3.8) is 0 Å². The number of rotatable bonds is 8. The van der Waals surface area contributed by atoms with Crippen LogP contribution in [-0.4, -0.2) is 25.8 Å². The van der Waals surface area contributed by atoms with Crippen molar-refractivity contribution < 1.29 is 8.42 Å². The lowest BCUT2D eigenvalue weighted by Crippen LogP contribution is -2.31. The number of benzene rings is 1. The van der Waals surface area contributed by atoms with E-state index in [1.807, 2.05) is 6.92 Å². The first-order chi connectivity index (χ1) is 9.02. The zero-order valence-electron chi connectivity index (χ0n) is 11.8. The van der Waals surface area contributed by atoms with Crippen molar-refractivity contribution in [1.29, 1.82) is 0 Å². The molecule has 0 radical (unpaired) electrons. The van der Waals surface area contributed by atoms with Crippen molar-refractivity contribution in [3.8, 4) is 0 Å². The molecule has 0 spiro atoms. The molecule has 0 heterocycles. The van der Waals surface area contributed by atoms with E-state index >= 15 is 0 Å². The van der Waals surface area contributed by atoms with E-state index in [1.54, 1.807) is 24.3 Å². The molecule has 2 N–H and O–H groups in total. The van der Waals surface area contributed by atoms with Gasteiger partial charge in [0.05, 0.1) is 4.90 Å². The Bertz CT molecular complexity index is 469. The van der Waals surface area contributed by atoms with Crippen molar-refractivity contribution >= 4 is 15.7 Å². The molecule has 108 valence electrons. The normalized spacial score (nSPS) is 11.9. The van der Waals surface area contributed by atoms with Crippen LogP contribution in [-0.2, 0) is 10.0 Å². The SMILES string of the molecule is CCCCCCN(CC)S(=O)(=O)c1ccc(N)cc1. The van der Waals surface area contributed by atoms with Crippen LogP contribution in [0.4, 0.5) is 5.69 Å². The second kappa shape index (κ2) is 7.50. The number of sulfonamides is 1. The predicted octanol–water partition coefficient (Wildman–Crippen LogP) is 2.86. The third-order valence-electron chi connectivity index (χ3n) is 3.13. The maximum atomic E-state index is 12.4. The van der Waals surface area contributed by atoms with Crippen LogP contribution < -0.4 is 5.73 Å². The van der Waals surface area contributed by atoms with Gasteiger partial charge in [-0.1, -0.05) is 33.1 Å². The van der Waals surface area contributed by atoms with Crippen LogP contribution in [0.1, 0.15) is 39.5 Å². The van der Waals surface area contributed by atoms with Gasteiger partial charge >= 0.3 is 0 Å². The van der Waals surface area contributed by atoms with E-state index in [2.05, 4.69) is 6.92 Å². The summed E-state index contributed by atoms with van der Waals surface area (Å²) < 4.78 is 26.4. The van der Waals surface area contributed by atoms with E-state index < -0.39 is 10.0 Å². The van der Waals surface area contributed by atoms with Crippen molar-refractivity contribution in [2.45, 2.75) is 44.4 Å². The minimum atomic E-state index is -3.38. The lowest BCUT2D eigenvalue weighted by molar-refractivity contribution is 0.413. The Morgan fingerprint density at radius 3 is 2.21 bits per heavy atom. The Labute approximate surface area is 116 Å². The van der Waals surface area contributed by atoms with Crippen LogP contribution in [0.2, 0.25) is 0 Å². The zero-order valence-corrected chi connectivity index (χ0v) is 12.6. The Morgan fingerprint density at radius 2 is 1.68 bits per heavy atom. The summed E-state index contributed by atoms with van der Waals surface area (Å²) in [6.45, 7) is 5.10. The summed E-state index contributed by atoms with van der Waals surface area (Å²) in [4.78, 5) is 0.319. The summed E-state index contributed by atoms with van der Waals surface area (Å²) >= 11 is 0. The van der Waals surface area contributed by atoms with E-state index in [1.165, 1.54) is 4.31 Å². The molecule has 0 aliphatic heterocycles. The molecule has 0 unspecified atom stereocenters. The molecule has 0 aliphatic carbocycles. The maximum Gasteiger partial charge on any atom is 0.243 e. The van der Waals surface area contributed by atoms with Gasteiger partial charge in [0, 0.05) is 18.8 Å². The van der Waals surface area contributed by atoms with Gasteiger partial charge in [0.1, 0.15) is 0 Å². The molecule has 0 amide bonds. The van der Waals surface area contributed by atoms with E-state index in [9.17, 15) is 8.42 Å². The molecular weight excluding hydrogens is 260 g/mol. The number of nitrogen functional groups attached to an aromatic ring is 1. The van der Waals surface area contributed by atoms with Crippen molar-refractivity contribution in [2.75, 3.05) is 18.8 Å². The Kier molecular flexibility index (Phi) is 6.31. The van der Waals surface area contributed by atoms with Gasteiger partial charge in [0.15, 0.2) is 0 Å². The summed E-state index contributed by atoms with van der Waals surface area (Å²) in [5.41, 5.74) is 6.16. The highest BCUT2D eigenvalue weighted by Crippen LogP contribution is 2.17. The number of unbranched alkanes of at least 4 members (excludes halogenated alkanes) is 3. The van der Waals surface area contributed by atoms with Gasteiger partial charge < -0.3 is 5.73 Å². The first-order valence-electron chi connectivity index (χ1n) is 6.88. The minimum absolute atomic E-state index is 0.319. The van der Waals surface area contributed by atoms with Crippen LogP contribution in [0, 0.1) is 0 Å².